The molecule has 1 heterocycles. The van der Waals surface area contributed by atoms with E-state index in [9.17, 15) is 5.11 Å². The summed E-state index contributed by atoms with van der Waals surface area (Å²) < 4.78 is 2.17. The molecule has 26 heavy (non-hydrogen) atoms. The van der Waals surface area contributed by atoms with Crippen LogP contribution in [0.4, 0.5) is 5.69 Å². The number of aliphatic hydroxyl groups is 1. The Balaban J connectivity index is 0.00000243. The van der Waals surface area contributed by atoms with Crippen LogP contribution < -0.4 is 4.80 Å². The minimum absolute atomic E-state index is 0. The molecule has 0 atom stereocenters. The molecule has 0 fully saturated rings. The molecule has 3 nitrogen and oxygen atoms in total. The zero-order valence-electron chi connectivity index (χ0n) is 14.8. The molecule has 0 spiro atoms. The highest BCUT2D eigenvalue weighted by molar-refractivity contribution is 8.93. The Kier molecular flexibility index (Phi) is 7.65. The van der Waals surface area contributed by atoms with E-state index in [1.54, 1.807) is 11.3 Å². The summed E-state index contributed by atoms with van der Waals surface area (Å²) in [7, 11) is 0. The van der Waals surface area contributed by atoms with Gasteiger partial charge in [0.2, 0.25) is 0 Å². The van der Waals surface area contributed by atoms with Crippen molar-refractivity contribution in [3.63, 3.8) is 0 Å². The summed E-state index contributed by atoms with van der Waals surface area (Å²) in [5.41, 5.74) is 5.61. The van der Waals surface area contributed by atoms with Gasteiger partial charge in [-0.3, -0.25) is 0 Å². The van der Waals surface area contributed by atoms with E-state index in [1.807, 2.05) is 36.4 Å². The molecule has 2 aromatic carbocycles. The van der Waals surface area contributed by atoms with Gasteiger partial charge in [-0.25, -0.2) is 4.99 Å². The average Bonchev–Trinajstić information content (AvgIpc) is 3.00. The summed E-state index contributed by atoms with van der Waals surface area (Å²) >= 11 is 7.63. The van der Waals surface area contributed by atoms with Gasteiger partial charge in [0.1, 0.15) is 0 Å². The van der Waals surface area contributed by atoms with E-state index in [2.05, 4.69) is 29.9 Å². The number of rotatable bonds is 5. The molecule has 0 unspecified atom stereocenters. The first-order valence-corrected chi connectivity index (χ1v) is 9.52. The van der Waals surface area contributed by atoms with Crippen molar-refractivity contribution < 1.29 is 5.11 Å². The van der Waals surface area contributed by atoms with Gasteiger partial charge >= 0.3 is 0 Å². The number of thiazole rings is 1. The molecule has 3 aromatic rings. The minimum Gasteiger partial charge on any atom is -0.396 e. The van der Waals surface area contributed by atoms with Crippen LogP contribution in [0, 0.1) is 13.8 Å². The molecule has 6 heteroatoms. The Bertz CT molecular complexity index is 932. The highest BCUT2D eigenvalue weighted by Crippen LogP contribution is 2.24. The van der Waals surface area contributed by atoms with E-state index in [0.29, 0.717) is 6.42 Å². The number of hydrogen-bond donors (Lipinski definition) is 1. The standard InChI is InChI=1S/C20H21ClN2OS.BrH/c1-14-5-3-6-18(15(14)2)22-20-23(11-4-12-24)19(13-25-20)16-7-9-17(21)10-8-16;/h3,5-10,13,24H,4,11-12H2,1-2H3;1H. The Hall–Kier alpha value is -1.40. The molecule has 0 bridgehead atoms. The lowest BCUT2D eigenvalue weighted by Crippen LogP contribution is -2.16. The number of hydrogen-bond acceptors (Lipinski definition) is 3. The SMILES string of the molecule is Br.Cc1cccc(N=c2scc(-c3ccc(Cl)cc3)n2CCCO)c1C. The summed E-state index contributed by atoms with van der Waals surface area (Å²) in [5, 5.41) is 12.1. The Morgan fingerprint density at radius 2 is 1.85 bits per heavy atom. The number of aromatic nitrogens is 1. The van der Waals surface area contributed by atoms with Gasteiger partial charge in [-0.15, -0.1) is 28.3 Å². The maximum absolute atomic E-state index is 9.27. The molecule has 0 saturated heterocycles. The van der Waals surface area contributed by atoms with Crippen molar-refractivity contribution in [1.29, 1.82) is 0 Å². The fourth-order valence-electron chi connectivity index (χ4n) is 2.67. The van der Waals surface area contributed by atoms with Crippen LogP contribution in [0.1, 0.15) is 17.5 Å². The predicted octanol–water partition coefficient (Wildman–Crippen LogP) is 5.68. The predicted molar refractivity (Wildman–Crippen MR) is 116 cm³/mol. The lowest BCUT2D eigenvalue weighted by Gasteiger charge is -2.09. The molecule has 138 valence electrons. The second-order valence-electron chi connectivity index (χ2n) is 5.97. The van der Waals surface area contributed by atoms with Gasteiger partial charge in [-0.1, -0.05) is 35.9 Å². The molecule has 0 radical (unpaired) electrons. The summed E-state index contributed by atoms with van der Waals surface area (Å²) in [6.45, 7) is 5.08. The van der Waals surface area contributed by atoms with Crippen molar-refractivity contribution in [3.05, 3.63) is 68.8 Å². The molecule has 0 aliphatic carbocycles. The molecule has 1 aromatic heterocycles. The zero-order valence-corrected chi connectivity index (χ0v) is 18.1. The largest absolute Gasteiger partial charge is 0.396 e. The molecule has 0 amide bonds. The first kappa shape index (κ1) is 20.9. The van der Waals surface area contributed by atoms with Crippen molar-refractivity contribution >= 4 is 45.6 Å². The topological polar surface area (TPSA) is 37.5 Å². The molecular formula is C20H22BrClN2OS. The second-order valence-corrected chi connectivity index (χ2v) is 7.24. The van der Waals surface area contributed by atoms with Gasteiger partial charge in [-0.05, 0) is 55.2 Å². The van der Waals surface area contributed by atoms with Crippen molar-refractivity contribution in [2.45, 2.75) is 26.8 Å². The van der Waals surface area contributed by atoms with Crippen LogP contribution in [0.2, 0.25) is 5.02 Å². The first-order chi connectivity index (χ1) is 12.1. The Labute approximate surface area is 173 Å². The third-order valence-electron chi connectivity index (χ3n) is 4.27. The fraction of sp³-hybridized carbons (Fsp3) is 0.250. The van der Waals surface area contributed by atoms with Crippen LogP contribution in [0.3, 0.4) is 0 Å². The maximum Gasteiger partial charge on any atom is 0.190 e. The quantitative estimate of drug-likeness (QED) is 0.530. The molecule has 3 rings (SSSR count). The summed E-state index contributed by atoms with van der Waals surface area (Å²) in [5.74, 6) is 0. The van der Waals surface area contributed by atoms with Crippen LogP contribution >= 0.6 is 39.9 Å². The number of aliphatic hydroxyl groups excluding tert-OH is 1. The van der Waals surface area contributed by atoms with Gasteiger partial charge < -0.3 is 9.67 Å². The lowest BCUT2D eigenvalue weighted by atomic mass is 10.1. The van der Waals surface area contributed by atoms with Crippen LogP contribution in [-0.4, -0.2) is 16.3 Å². The van der Waals surface area contributed by atoms with Crippen molar-refractivity contribution in [3.8, 4) is 11.3 Å². The minimum atomic E-state index is 0. The highest BCUT2D eigenvalue weighted by atomic mass is 79.9. The van der Waals surface area contributed by atoms with Crippen LogP contribution in [0.25, 0.3) is 11.3 Å². The van der Waals surface area contributed by atoms with Gasteiger partial charge in [0.15, 0.2) is 4.80 Å². The smallest absolute Gasteiger partial charge is 0.190 e. The van der Waals surface area contributed by atoms with E-state index < -0.39 is 0 Å². The molecule has 0 aliphatic heterocycles. The average molecular weight is 454 g/mol. The van der Waals surface area contributed by atoms with E-state index in [1.165, 1.54) is 11.1 Å². The number of nitrogens with zero attached hydrogens (tertiary/aromatic N) is 2. The van der Waals surface area contributed by atoms with Crippen molar-refractivity contribution in [2.75, 3.05) is 6.61 Å². The molecule has 0 saturated carbocycles. The van der Waals surface area contributed by atoms with E-state index in [4.69, 9.17) is 16.6 Å². The third kappa shape index (κ3) is 4.65. The van der Waals surface area contributed by atoms with Crippen LogP contribution in [0.15, 0.2) is 52.8 Å². The lowest BCUT2D eigenvalue weighted by molar-refractivity contribution is 0.279. The monoisotopic (exact) mass is 452 g/mol. The van der Waals surface area contributed by atoms with Crippen LogP contribution in [0.5, 0.6) is 0 Å². The highest BCUT2D eigenvalue weighted by Gasteiger charge is 2.09. The van der Waals surface area contributed by atoms with Gasteiger partial charge in [0, 0.05) is 23.6 Å². The molecular weight excluding hydrogens is 432 g/mol. The Morgan fingerprint density at radius 1 is 1.12 bits per heavy atom. The van der Waals surface area contributed by atoms with Gasteiger partial charge in [0.25, 0.3) is 0 Å². The molecule has 0 aliphatic rings. The fourth-order valence-corrected chi connectivity index (χ4v) is 3.75. The van der Waals surface area contributed by atoms with Crippen molar-refractivity contribution in [2.24, 2.45) is 4.99 Å². The van der Waals surface area contributed by atoms with E-state index in [0.717, 1.165) is 33.3 Å². The Morgan fingerprint density at radius 3 is 2.54 bits per heavy atom. The second kappa shape index (κ2) is 9.51. The summed E-state index contributed by atoms with van der Waals surface area (Å²) in [4.78, 5) is 5.83. The third-order valence-corrected chi connectivity index (χ3v) is 5.39. The normalized spacial score (nSPS) is 11.5. The van der Waals surface area contributed by atoms with E-state index in [-0.39, 0.29) is 23.6 Å². The van der Waals surface area contributed by atoms with Gasteiger partial charge in [0.05, 0.1) is 11.4 Å². The van der Waals surface area contributed by atoms with Gasteiger partial charge in [-0.2, -0.15) is 0 Å². The number of benzene rings is 2. The van der Waals surface area contributed by atoms with E-state index >= 15 is 0 Å². The van der Waals surface area contributed by atoms with Crippen molar-refractivity contribution in [1.82, 2.24) is 4.57 Å². The summed E-state index contributed by atoms with van der Waals surface area (Å²) in [6, 6.07) is 14.0. The maximum atomic E-state index is 9.27. The number of halogens is 2. The zero-order chi connectivity index (χ0) is 17.8. The first-order valence-electron chi connectivity index (χ1n) is 8.26. The molecule has 1 N–H and O–H groups in total. The summed E-state index contributed by atoms with van der Waals surface area (Å²) in [6.07, 6.45) is 0.692. The number of aryl methyl sites for hydroxylation is 1. The van der Waals surface area contributed by atoms with Crippen LogP contribution in [-0.2, 0) is 6.54 Å².